The van der Waals surface area contributed by atoms with Gasteiger partial charge in [0.05, 0.1) is 11.9 Å². The summed E-state index contributed by atoms with van der Waals surface area (Å²) in [5, 5.41) is 0. The minimum absolute atomic E-state index is 0.108. The van der Waals surface area contributed by atoms with E-state index in [-0.39, 0.29) is 5.56 Å². The van der Waals surface area contributed by atoms with Gasteiger partial charge in [-0.25, -0.2) is 15.0 Å². The van der Waals surface area contributed by atoms with Crippen molar-refractivity contribution in [2.24, 2.45) is 0 Å². The Hall–Kier alpha value is -3.80. The Morgan fingerprint density at radius 1 is 0.786 bits per heavy atom. The summed E-state index contributed by atoms with van der Waals surface area (Å²) < 4.78 is 0. The lowest BCUT2D eigenvalue weighted by atomic mass is 10.1. The monoisotopic (exact) mass is 371 g/mol. The molecule has 0 radical (unpaired) electrons. The number of nitrogens with zero attached hydrogens (tertiary/aromatic N) is 3. The van der Waals surface area contributed by atoms with Crippen LogP contribution in [-0.2, 0) is 0 Å². The Morgan fingerprint density at radius 3 is 1.86 bits per heavy atom. The molecule has 0 saturated heterocycles. The first-order valence-corrected chi connectivity index (χ1v) is 8.77. The Bertz CT molecular complexity index is 1100. The van der Waals surface area contributed by atoms with E-state index in [1.54, 1.807) is 12.4 Å². The molecule has 0 unspecified atom stereocenters. The number of aryl methyl sites for hydroxylation is 2. The molecule has 140 valence electrons. The van der Waals surface area contributed by atoms with E-state index >= 15 is 0 Å². The number of aromatic amines is 1. The van der Waals surface area contributed by atoms with Gasteiger partial charge in [-0.05, 0) is 25.0 Å². The second-order valence-corrected chi connectivity index (χ2v) is 6.35. The van der Waals surface area contributed by atoms with Crippen LogP contribution in [0, 0.1) is 13.8 Å². The summed E-state index contributed by atoms with van der Waals surface area (Å²) in [5.41, 5.74) is 11.5. The smallest absolute Gasteiger partial charge is 0.258 e. The molecule has 4 rings (SSSR count). The fourth-order valence-electron chi connectivity index (χ4n) is 2.58. The van der Waals surface area contributed by atoms with E-state index in [2.05, 4.69) is 26.9 Å². The Balaban J connectivity index is 0.000000161. The SMILES string of the molecule is Cc1ccc(-c2cnc[nH]c2=O)cc1.Cc1ccc(-c2cncnc2N)cc1. The molecule has 0 amide bonds. The Kier molecular flexibility index (Phi) is 5.91. The largest absolute Gasteiger partial charge is 0.383 e. The third kappa shape index (κ3) is 4.67. The molecule has 2 aromatic carbocycles. The van der Waals surface area contributed by atoms with Crippen molar-refractivity contribution in [3.05, 3.63) is 95.1 Å². The van der Waals surface area contributed by atoms with Crippen molar-refractivity contribution in [1.82, 2.24) is 19.9 Å². The molecule has 0 spiro atoms. The number of anilines is 1. The van der Waals surface area contributed by atoms with E-state index in [1.807, 2.05) is 55.5 Å². The number of rotatable bonds is 2. The van der Waals surface area contributed by atoms with E-state index in [0.717, 1.165) is 16.7 Å². The summed E-state index contributed by atoms with van der Waals surface area (Å²) in [7, 11) is 0. The first-order valence-electron chi connectivity index (χ1n) is 8.77. The quantitative estimate of drug-likeness (QED) is 0.559. The van der Waals surface area contributed by atoms with Gasteiger partial charge in [0.25, 0.3) is 5.56 Å². The molecule has 0 aliphatic heterocycles. The fraction of sp³-hybridized carbons (Fsp3) is 0.0909. The number of hydrogen-bond acceptors (Lipinski definition) is 5. The number of hydrogen-bond donors (Lipinski definition) is 2. The Morgan fingerprint density at radius 2 is 1.32 bits per heavy atom. The van der Waals surface area contributed by atoms with E-state index in [1.165, 1.54) is 23.8 Å². The molecular weight excluding hydrogens is 350 g/mol. The molecule has 0 atom stereocenters. The number of nitrogen functional groups attached to an aromatic ring is 1. The van der Waals surface area contributed by atoms with Crippen LogP contribution in [-0.4, -0.2) is 19.9 Å². The van der Waals surface area contributed by atoms with E-state index in [9.17, 15) is 4.79 Å². The molecule has 0 fully saturated rings. The van der Waals surface area contributed by atoms with Crippen LogP contribution in [0.5, 0.6) is 0 Å². The van der Waals surface area contributed by atoms with Gasteiger partial charge in [-0.2, -0.15) is 0 Å². The zero-order valence-electron chi connectivity index (χ0n) is 15.8. The lowest BCUT2D eigenvalue weighted by Gasteiger charge is -2.03. The van der Waals surface area contributed by atoms with Crippen LogP contribution in [0.2, 0.25) is 0 Å². The standard InChI is InChI=1S/C11H11N3.C11H10N2O/c1-8-2-4-9(5-3-8)10-6-13-7-14-11(10)12;1-8-2-4-9(5-3-8)10-6-12-7-13-11(10)14/h2-7H,1H3,(H2,12,13,14);2-7H,1H3,(H,12,13,14). The predicted octanol–water partition coefficient (Wildman–Crippen LogP) is 3.78. The van der Waals surface area contributed by atoms with Crippen LogP contribution in [0.15, 0.2) is 78.4 Å². The molecule has 0 aliphatic rings. The van der Waals surface area contributed by atoms with Crippen molar-refractivity contribution < 1.29 is 0 Å². The van der Waals surface area contributed by atoms with Gasteiger partial charge in [0, 0.05) is 18.0 Å². The number of H-pyrrole nitrogens is 1. The number of aromatic nitrogens is 4. The second-order valence-electron chi connectivity index (χ2n) is 6.35. The topological polar surface area (TPSA) is 97.5 Å². The first kappa shape index (κ1) is 19.0. The van der Waals surface area contributed by atoms with Crippen LogP contribution in [0.3, 0.4) is 0 Å². The summed E-state index contributed by atoms with van der Waals surface area (Å²) in [5.74, 6) is 0.517. The molecule has 3 N–H and O–H groups in total. The summed E-state index contributed by atoms with van der Waals surface area (Å²) in [6.07, 6.45) is 6.14. The molecule has 0 bridgehead atoms. The molecule has 6 heteroatoms. The molecular formula is C22H21N5O. The molecule has 2 heterocycles. The van der Waals surface area contributed by atoms with Gasteiger partial charge in [-0.1, -0.05) is 59.7 Å². The average molecular weight is 371 g/mol. The number of nitrogens with one attached hydrogen (secondary N) is 1. The summed E-state index contributed by atoms with van der Waals surface area (Å²) in [6, 6.07) is 15.9. The fourth-order valence-corrected chi connectivity index (χ4v) is 2.58. The van der Waals surface area contributed by atoms with Crippen LogP contribution in [0.1, 0.15) is 11.1 Å². The molecule has 0 aliphatic carbocycles. The van der Waals surface area contributed by atoms with E-state index in [4.69, 9.17) is 5.73 Å². The summed E-state index contributed by atoms with van der Waals surface area (Å²) in [4.78, 5) is 25.7. The van der Waals surface area contributed by atoms with Gasteiger partial charge >= 0.3 is 0 Å². The summed E-state index contributed by atoms with van der Waals surface area (Å²) in [6.45, 7) is 4.06. The van der Waals surface area contributed by atoms with Crippen molar-refractivity contribution in [3.63, 3.8) is 0 Å². The lowest BCUT2D eigenvalue weighted by Crippen LogP contribution is -2.08. The minimum atomic E-state index is -0.108. The highest BCUT2D eigenvalue weighted by molar-refractivity contribution is 5.72. The predicted molar refractivity (Wildman–Crippen MR) is 112 cm³/mol. The maximum absolute atomic E-state index is 11.4. The maximum atomic E-state index is 11.4. The average Bonchev–Trinajstić information content (AvgIpc) is 2.71. The number of benzene rings is 2. The lowest BCUT2D eigenvalue weighted by molar-refractivity contribution is 1.12. The highest BCUT2D eigenvalue weighted by Gasteiger charge is 2.02. The normalized spacial score (nSPS) is 10.1. The zero-order chi connectivity index (χ0) is 19.9. The zero-order valence-corrected chi connectivity index (χ0v) is 15.8. The second kappa shape index (κ2) is 8.73. The van der Waals surface area contributed by atoms with Crippen LogP contribution < -0.4 is 11.3 Å². The summed E-state index contributed by atoms with van der Waals surface area (Å²) >= 11 is 0. The minimum Gasteiger partial charge on any atom is -0.383 e. The number of nitrogens with two attached hydrogens (primary N) is 1. The van der Waals surface area contributed by atoms with Crippen molar-refractivity contribution in [2.45, 2.75) is 13.8 Å². The van der Waals surface area contributed by atoms with E-state index in [0.29, 0.717) is 11.4 Å². The first-order chi connectivity index (χ1) is 13.5. The van der Waals surface area contributed by atoms with Gasteiger partial charge in [-0.3, -0.25) is 4.79 Å². The third-order valence-electron chi connectivity index (χ3n) is 4.19. The van der Waals surface area contributed by atoms with Crippen molar-refractivity contribution in [1.29, 1.82) is 0 Å². The van der Waals surface area contributed by atoms with Gasteiger partial charge in [-0.15, -0.1) is 0 Å². The molecule has 4 aromatic rings. The highest BCUT2D eigenvalue weighted by atomic mass is 16.1. The maximum Gasteiger partial charge on any atom is 0.258 e. The van der Waals surface area contributed by atoms with Gasteiger partial charge in [0.2, 0.25) is 0 Å². The molecule has 2 aromatic heterocycles. The van der Waals surface area contributed by atoms with E-state index < -0.39 is 0 Å². The van der Waals surface area contributed by atoms with Crippen molar-refractivity contribution in [3.8, 4) is 22.3 Å². The Labute approximate surface area is 163 Å². The molecule has 6 nitrogen and oxygen atoms in total. The van der Waals surface area contributed by atoms with Crippen LogP contribution >= 0.6 is 0 Å². The van der Waals surface area contributed by atoms with Gasteiger partial charge < -0.3 is 10.7 Å². The van der Waals surface area contributed by atoms with Crippen molar-refractivity contribution in [2.75, 3.05) is 5.73 Å². The van der Waals surface area contributed by atoms with Gasteiger partial charge in [0.15, 0.2) is 0 Å². The third-order valence-corrected chi connectivity index (χ3v) is 4.19. The van der Waals surface area contributed by atoms with Gasteiger partial charge in [0.1, 0.15) is 12.1 Å². The molecule has 0 saturated carbocycles. The molecule has 28 heavy (non-hydrogen) atoms. The van der Waals surface area contributed by atoms with Crippen LogP contribution in [0.4, 0.5) is 5.82 Å². The highest BCUT2D eigenvalue weighted by Crippen LogP contribution is 2.22. The van der Waals surface area contributed by atoms with Crippen molar-refractivity contribution >= 4 is 5.82 Å². The van der Waals surface area contributed by atoms with Crippen LogP contribution in [0.25, 0.3) is 22.3 Å².